The molecule has 3 heteroatoms. The van der Waals surface area contributed by atoms with Crippen molar-refractivity contribution in [3.63, 3.8) is 0 Å². The van der Waals surface area contributed by atoms with E-state index in [9.17, 15) is 4.79 Å². The third kappa shape index (κ3) is 3.49. The number of hydrogen-bond donors (Lipinski definition) is 1. The quantitative estimate of drug-likeness (QED) is 0.731. The van der Waals surface area contributed by atoms with Crippen LogP contribution in [0.25, 0.3) is 0 Å². The highest BCUT2D eigenvalue weighted by Gasteiger charge is 2.33. The van der Waals surface area contributed by atoms with Crippen molar-refractivity contribution in [1.82, 2.24) is 0 Å². The van der Waals surface area contributed by atoms with Gasteiger partial charge in [0.25, 0.3) is 0 Å². The second-order valence-electron chi connectivity index (χ2n) is 5.01. The summed E-state index contributed by atoms with van der Waals surface area (Å²) in [7, 11) is 0. The summed E-state index contributed by atoms with van der Waals surface area (Å²) >= 11 is 0. The van der Waals surface area contributed by atoms with Gasteiger partial charge < -0.3 is 9.84 Å². The first kappa shape index (κ1) is 12.5. The molecule has 1 N–H and O–H groups in total. The second-order valence-corrected chi connectivity index (χ2v) is 5.01. The summed E-state index contributed by atoms with van der Waals surface area (Å²) in [5, 5.41) is 8.68. The summed E-state index contributed by atoms with van der Waals surface area (Å²) in [5.74, 6) is 1.13. The Balaban J connectivity index is 2.57. The van der Waals surface area contributed by atoms with Crippen molar-refractivity contribution in [2.24, 2.45) is 17.8 Å². The Morgan fingerprint density at radius 2 is 2.13 bits per heavy atom. The average molecular weight is 214 g/mol. The van der Waals surface area contributed by atoms with E-state index in [0.717, 1.165) is 12.8 Å². The molecule has 1 saturated carbocycles. The minimum Gasteiger partial charge on any atom is -0.460 e. The van der Waals surface area contributed by atoms with Gasteiger partial charge in [0.05, 0.1) is 0 Å². The van der Waals surface area contributed by atoms with Crippen LogP contribution in [-0.4, -0.2) is 23.8 Å². The van der Waals surface area contributed by atoms with Gasteiger partial charge in [-0.05, 0) is 30.6 Å². The molecule has 0 radical (unpaired) electrons. The summed E-state index contributed by atoms with van der Waals surface area (Å²) in [4.78, 5) is 11.1. The third-order valence-corrected chi connectivity index (χ3v) is 3.37. The largest absolute Gasteiger partial charge is 0.460 e. The number of aliphatic hydroxyl groups is 1. The lowest BCUT2D eigenvalue weighted by molar-refractivity contribution is -0.159. The number of carbonyl (C=O) groups excluding carboxylic acids is 1. The molecule has 1 aliphatic carbocycles. The fraction of sp³-hybridized carbons (Fsp3) is 0.917. The van der Waals surface area contributed by atoms with Crippen LogP contribution in [0, 0.1) is 17.8 Å². The fourth-order valence-electron chi connectivity index (χ4n) is 2.46. The van der Waals surface area contributed by atoms with Crippen molar-refractivity contribution in [2.45, 2.75) is 46.1 Å². The van der Waals surface area contributed by atoms with Crippen LogP contribution in [0.2, 0.25) is 0 Å². The van der Waals surface area contributed by atoms with Gasteiger partial charge in [0, 0.05) is 0 Å². The van der Waals surface area contributed by atoms with Crippen LogP contribution < -0.4 is 0 Å². The number of hydrogen-bond acceptors (Lipinski definition) is 3. The molecule has 15 heavy (non-hydrogen) atoms. The minimum absolute atomic E-state index is 0.00778. The van der Waals surface area contributed by atoms with Crippen LogP contribution in [0.15, 0.2) is 0 Å². The zero-order chi connectivity index (χ0) is 11.4. The van der Waals surface area contributed by atoms with E-state index in [-0.39, 0.29) is 6.10 Å². The van der Waals surface area contributed by atoms with Crippen LogP contribution in [0.3, 0.4) is 0 Å². The Morgan fingerprint density at radius 1 is 1.47 bits per heavy atom. The van der Waals surface area contributed by atoms with E-state index in [0.29, 0.717) is 17.8 Å². The molecule has 1 fully saturated rings. The van der Waals surface area contributed by atoms with Crippen molar-refractivity contribution >= 4 is 5.97 Å². The SMILES string of the molecule is CC(C)[C@@H]1CC[C@H](C)C[C@H]1OC(=O)CO. The zero-order valence-corrected chi connectivity index (χ0v) is 9.90. The molecule has 88 valence electrons. The summed E-state index contributed by atoms with van der Waals surface area (Å²) in [6.07, 6.45) is 3.29. The molecule has 3 atom stereocenters. The summed E-state index contributed by atoms with van der Waals surface area (Å²) < 4.78 is 5.30. The first-order valence-electron chi connectivity index (χ1n) is 5.85. The fourth-order valence-corrected chi connectivity index (χ4v) is 2.46. The van der Waals surface area contributed by atoms with Gasteiger partial charge in [0.2, 0.25) is 0 Å². The van der Waals surface area contributed by atoms with E-state index in [1.807, 2.05) is 0 Å². The minimum atomic E-state index is -0.504. The molecule has 0 heterocycles. The van der Waals surface area contributed by atoms with Crippen LogP contribution in [0.4, 0.5) is 0 Å². The monoisotopic (exact) mass is 214 g/mol. The van der Waals surface area contributed by atoms with Gasteiger partial charge in [-0.15, -0.1) is 0 Å². The number of aliphatic hydroxyl groups excluding tert-OH is 1. The first-order chi connectivity index (χ1) is 7.04. The predicted octanol–water partition coefficient (Wildman–Crippen LogP) is 1.98. The lowest BCUT2D eigenvalue weighted by Crippen LogP contribution is -2.36. The normalized spacial score (nSPS) is 31.7. The number of ether oxygens (including phenoxy) is 1. The van der Waals surface area contributed by atoms with Gasteiger partial charge in [0.1, 0.15) is 12.7 Å². The molecule has 0 aromatic heterocycles. The highest BCUT2D eigenvalue weighted by Crippen LogP contribution is 2.35. The van der Waals surface area contributed by atoms with Crippen molar-refractivity contribution in [2.75, 3.05) is 6.61 Å². The lowest BCUT2D eigenvalue weighted by atomic mass is 9.75. The zero-order valence-electron chi connectivity index (χ0n) is 9.90. The van der Waals surface area contributed by atoms with E-state index in [1.165, 1.54) is 6.42 Å². The number of rotatable bonds is 3. The topological polar surface area (TPSA) is 46.5 Å². The molecule has 0 spiro atoms. The van der Waals surface area contributed by atoms with Crippen LogP contribution in [-0.2, 0) is 9.53 Å². The highest BCUT2D eigenvalue weighted by atomic mass is 16.6. The first-order valence-corrected chi connectivity index (χ1v) is 5.85. The molecule has 0 bridgehead atoms. The Hall–Kier alpha value is -0.570. The lowest BCUT2D eigenvalue weighted by Gasteiger charge is -2.36. The predicted molar refractivity (Wildman–Crippen MR) is 58.3 cm³/mol. The van der Waals surface area contributed by atoms with Gasteiger partial charge in [-0.3, -0.25) is 0 Å². The van der Waals surface area contributed by atoms with Crippen molar-refractivity contribution < 1.29 is 14.6 Å². The van der Waals surface area contributed by atoms with Crippen molar-refractivity contribution in [3.8, 4) is 0 Å². The molecule has 3 nitrogen and oxygen atoms in total. The maximum absolute atomic E-state index is 11.1. The molecule has 0 unspecified atom stereocenters. The maximum atomic E-state index is 11.1. The summed E-state index contributed by atoms with van der Waals surface area (Å²) in [6, 6.07) is 0. The van der Waals surface area contributed by atoms with Gasteiger partial charge in [-0.25, -0.2) is 4.79 Å². The highest BCUT2D eigenvalue weighted by molar-refractivity contribution is 5.70. The van der Waals surface area contributed by atoms with Gasteiger partial charge in [-0.2, -0.15) is 0 Å². The Morgan fingerprint density at radius 3 is 2.67 bits per heavy atom. The average Bonchev–Trinajstić information content (AvgIpc) is 2.17. The molecule has 0 saturated heterocycles. The van der Waals surface area contributed by atoms with E-state index in [1.54, 1.807) is 0 Å². The molecule has 0 amide bonds. The van der Waals surface area contributed by atoms with Crippen LogP contribution in [0.5, 0.6) is 0 Å². The van der Waals surface area contributed by atoms with Gasteiger partial charge in [-0.1, -0.05) is 27.2 Å². The number of esters is 1. The van der Waals surface area contributed by atoms with Crippen molar-refractivity contribution in [3.05, 3.63) is 0 Å². The van der Waals surface area contributed by atoms with Crippen LogP contribution >= 0.6 is 0 Å². The Kier molecular flexibility index (Phi) is 4.58. The van der Waals surface area contributed by atoms with Crippen molar-refractivity contribution in [1.29, 1.82) is 0 Å². The second kappa shape index (κ2) is 5.50. The van der Waals surface area contributed by atoms with E-state index in [2.05, 4.69) is 20.8 Å². The molecular formula is C12H22O3. The molecular weight excluding hydrogens is 192 g/mol. The summed E-state index contributed by atoms with van der Waals surface area (Å²) in [6.45, 7) is 6.02. The summed E-state index contributed by atoms with van der Waals surface area (Å²) in [5.41, 5.74) is 0. The maximum Gasteiger partial charge on any atom is 0.332 e. The van der Waals surface area contributed by atoms with Gasteiger partial charge >= 0.3 is 5.97 Å². The standard InChI is InChI=1S/C12H22O3/c1-8(2)10-5-4-9(3)6-11(10)15-12(14)7-13/h8-11,13H,4-7H2,1-3H3/t9-,10-,11+/m0/s1. The number of carbonyl (C=O) groups is 1. The third-order valence-electron chi connectivity index (χ3n) is 3.37. The Labute approximate surface area is 91.8 Å². The Bertz CT molecular complexity index is 213. The van der Waals surface area contributed by atoms with Gasteiger partial charge in [0.15, 0.2) is 0 Å². The van der Waals surface area contributed by atoms with Crippen LogP contribution in [0.1, 0.15) is 40.0 Å². The molecule has 0 aliphatic heterocycles. The molecule has 1 aliphatic rings. The molecule has 1 rings (SSSR count). The molecule has 0 aromatic rings. The molecule has 0 aromatic carbocycles. The van der Waals surface area contributed by atoms with E-state index < -0.39 is 12.6 Å². The van der Waals surface area contributed by atoms with E-state index >= 15 is 0 Å². The van der Waals surface area contributed by atoms with E-state index in [4.69, 9.17) is 9.84 Å². The smallest absolute Gasteiger partial charge is 0.332 e.